The van der Waals surface area contributed by atoms with Crippen molar-refractivity contribution >= 4 is 10.1 Å². The summed E-state index contributed by atoms with van der Waals surface area (Å²) in [5, 5.41) is -0.715. The van der Waals surface area contributed by atoms with Crippen molar-refractivity contribution < 1.29 is 13.0 Å². The smallest absolute Gasteiger partial charge is 0.271 e. The zero-order valence-electron chi connectivity index (χ0n) is 7.68. The molecule has 14 heavy (non-hydrogen) atoms. The van der Waals surface area contributed by atoms with Gasteiger partial charge in [-0.05, 0) is 30.4 Å². The average molecular weight is 212 g/mol. The second-order valence-electron chi connectivity index (χ2n) is 3.59. The zero-order valence-corrected chi connectivity index (χ0v) is 8.50. The van der Waals surface area contributed by atoms with Gasteiger partial charge in [0.1, 0.15) is 5.25 Å². The van der Waals surface area contributed by atoms with Crippen LogP contribution in [-0.2, 0) is 16.5 Å². The molecule has 0 unspecified atom stereocenters. The van der Waals surface area contributed by atoms with Gasteiger partial charge in [0.15, 0.2) is 0 Å². The van der Waals surface area contributed by atoms with E-state index in [1.54, 1.807) is 6.07 Å². The molecule has 1 aliphatic carbocycles. The van der Waals surface area contributed by atoms with Gasteiger partial charge >= 0.3 is 0 Å². The highest BCUT2D eigenvalue weighted by Gasteiger charge is 2.29. The first-order valence-electron chi connectivity index (χ1n) is 4.63. The summed E-state index contributed by atoms with van der Waals surface area (Å²) in [5.74, 6) is 0. The highest BCUT2D eigenvalue weighted by Crippen LogP contribution is 2.34. The van der Waals surface area contributed by atoms with Gasteiger partial charge in [-0.2, -0.15) is 8.42 Å². The largest absolute Gasteiger partial charge is 0.285 e. The third-order valence-electron chi connectivity index (χ3n) is 2.67. The number of rotatable bonds is 1. The molecule has 76 valence electrons. The zero-order chi connectivity index (χ0) is 10.2. The maximum atomic E-state index is 11.1. The maximum absolute atomic E-state index is 11.1. The second kappa shape index (κ2) is 3.37. The summed E-state index contributed by atoms with van der Waals surface area (Å²) < 4.78 is 31.3. The van der Waals surface area contributed by atoms with Crippen LogP contribution in [0.3, 0.4) is 0 Å². The van der Waals surface area contributed by atoms with Crippen LogP contribution in [0, 0.1) is 0 Å². The van der Waals surface area contributed by atoms with Crippen molar-refractivity contribution in [3.63, 3.8) is 0 Å². The van der Waals surface area contributed by atoms with Crippen molar-refractivity contribution in [2.45, 2.75) is 24.5 Å². The normalized spacial score (nSPS) is 21.6. The first-order chi connectivity index (χ1) is 6.59. The Kier molecular flexibility index (Phi) is 2.33. The third-order valence-corrected chi connectivity index (χ3v) is 3.88. The molecule has 3 nitrogen and oxygen atoms in total. The molecule has 0 saturated carbocycles. The number of aryl methyl sites for hydroxylation is 1. The highest BCUT2D eigenvalue weighted by atomic mass is 32.2. The molecule has 1 aromatic rings. The van der Waals surface area contributed by atoms with E-state index in [0.717, 1.165) is 24.0 Å². The van der Waals surface area contributed by atoms with E-state index in [2.05, 4.69) is 0 Å². The van der Waals surface area contributed by atoms with Crippen LogP contribution in [0.4, 0.5) is 0 Å². The molecule has 0 fully saturated rings. The Bertz CT molecular complexity index is 436. The lowest BCUT2D eigenvalue weighted by Crippen LogP contribution is -2.17. The molecule has 0 saturated heterocycles. The van der Waals surface area contributed by atoms with Crippen LogP contribution in [0.5, 0.6) is 0 Å². The molecule has 0 aromatic heterocycles. The van der Waals surface area contributed by atoms with Gasteiger partial charge in [0.25, 0.3) is 10.1 Å². The Labute approximate surface area is 83.5 Å². The van der Waals surface area contributed by atoms with Crippen LogP contribution in [0.1, 0.15) is 29.2 Å². The summed E-state index contributed by atoms with van der Waals surface area (Å²) >= 11 is 0. The highest BCUT2D eigenvalue weighted by molar-refractivity contribution is 7.86. The molecule has 0 amide bonds. The minimum Gasteiger partial charge on any atom is -0.285 e. The van der Waals surface area contributed by atoms with Crippen LogP contribution < -0.4 is 0 Å². The van der Waals surface area contributed by atoms with Crippen LogP contribution >= 0.6 is 0 Å². The van der Waals surface area contributed by atoms with E-state index in [-0.39, 0.29) is 0 Å². The van der Waals surface area contributed by atoms with Crippen LogP contribution in [0.25, 0.3) is 0 Å². The summed E-state index contributed by atoms with van der Waals surface area (Å²) in [7, 11) is -3.94. The van der Waals surface area contributed by atoms with Gasteiger partial charge in [0.2, 0.25) is 0 Å². The molecule has 1 aromatic carbocycles. The second-order valence-corrected chi connectivity index (χ2v) is 5.19. The Morgan fingerprint density at radius 3 is 2.71 bits per heavy atom. The summed E-state index contributed by atoms with van der Waals surface area (Å²) in [6.45, 7) is 0. The molecule has 0 heterocycles. The lowest BCUT2D eigenvalue weighted by atomic mass is 9.91. The molecule has 1 atom stereocenters. The molecule has 1 aliphatic rings. The van der Waals surface area contributed by atoms with E-state index in [4.69, 9.17) is 4.55 Å². The van der Waals surface area contributed by atoms with Gasteiger partial charge in [0, 0.05) is 0 Å². The van der Waals surface area contributed by atoms with E-state index >= 15 is 0 Å². The van der Waals surface area contributed by atoms with E-state index in [1.165, 1.54) is 0 Å². The average Bonchev–Trinajstić information content (AvgIpc) is 2.15. The van der Waals surface area contributed by atoms with E-state index in [0.29, 0.717) is 6.42 Å². The fourth-order valence-electron chi connectivity index (χ4n) is 2.02. The number of fused-ring (bicyclic) bond motifs is 1. The number of hydrogen-bond acceptors (Lipinski definition) is 2. The Balaban J connectivity index is 2.51. The van der Waals surface area contributed by atoms with E-state index < -0.39 is 15.4 Å². The predicted molar refractivity (Wildman–Crippen MR) is 53.7 cm³/mol. The Morgan fingerprint density at radius 1 is 1.29 bits per heavy atom. The van der Waals surface area contributed by atoms with Gasteiger partial charge in [-0.15, -0.1) is 0 Å². The van der Waals surface area contributed by atoms with Crippen LogP contribution in [-0.4, -0.2) is 13.0 Å². The number of hydrogen-bond donors (Lipinski definition) is 1. The third kappa shape index (κ3) is 1.67. The monoisotopic (exact) mass is 212 g/mol. The SMILES string of the molecule is O=S(=O)(O)[C@H]1CCCc2ccccc21. The summed E-state index contributed by atoms with van der Waals surface area (Å²) in [5.41, 5.74) is 1.81. The van der Waals surface area contributed by atoms with Crippen LogP contribution in [0.15, 0.2) is 24.3 Å². The van der Waals surface area contributed by atoms with Crippen molar-refractivity contribution in [2.75, 3.05) is 0 Å². The molecule has 1 N–H and O–H groups in total. The summed E-state index contributed by atoms with van der Waals surface area (Å²) in [4.78, 5) is 0. The standard InChI is InChI=1S/C10H12O3S/c11-14(12,13)10-7-3-5-8-4-1-2-6-9(8)10/h1-2,4,6,10H,3,5,7H2,(H,11,12,13)/t10-/m0/s1. The topological polar surface area (TPSA) is 54.4 Å². The first-order valence-corrected chi connectivity index (χ1v) is 6.13. The first kappa shape index (κ1) is 9.68. The summed E-state index contributed by atoms with van der Waals surface area (Å²) in [6.07, 6.45) is 2.25. The van der Waals surface area contributed by atoms with Gasteiger partial charge in [-0.1, -0.05) is 24.3 Å². The van der Waals surface area contributed by atoms with Crippen molar-refractivity contribution in [1.82, 2.24) is 0 Å². The van der Waals surface area contributed by atoms with E-state index in [9.17, 15) is 8.42 Å². The van der Waals surface area contributed by atoms with Crippen molar-refractivity contribution in [2.24, 2.45) is 0 Å². The Morgan fingerprint density at radius 2 is 2.00 bits per heavy atom. The van der Waals surface area contributed by atoms with Crippen molar-refractivity contribution in [1.29, 1.82) is 0 Å². The van der Waals surface area contributed by atoms with Crippen molar-refractivity contribution in [3.05, 3.63) is 35.4 Å². The fourth-order valence-corrected chi connectivity index (χ4v) is 3.03. The van der Waals surface area contributed by atoms with Gasteiger partial charge in [-0.25, -0.2) is 0 Å². The fraction of sp³-hybridized carbons (Fsp3) is 0.400. The van der Waals surface area contributed by atoms with Crippen molar-refractivity contribution in [3.8, 4) is 0 Å². The molecule has 4 heteroatoms. The predicted octanol–water partition coefficient (Wildman–Crippen LogP) is 1.95. The minimum atomic E-state index is -3.94. The molecular weight excluding hydrogens is 200 g/mol. The summed E-state index contributed by atoms with van der Waals surface area (Å²) in [6, 6.07) is 7.41. The molecule has 0 aliphatic heterocycles. The van der Waals surface area contributed by atoms with Gasteiger partial charge in [0.05, 0.1) is 0 Å². The molecule has 0 bridgehead atoms. The van der Waals surface area contributed by atoms with Gasteiger partial charge < -0.3 is 0 Å². The van der Waals surface area contributed by atoms with Gasteiger partial charge in [-0.3, -0.25) is 4.55 Å². The van der Waals surface area contributed by atoms with Crippen LogP contribution in [0.2, 0.25) is 0 Å². The molecule has 2 rings (SSSR count). The Hall–Kier alpha value is -0.870. The molecule has 0 spiro atoms. The quantitative estimate of drug-likeness (QED) is 0.724. The lowest BCUT2D eigenvalue weighted by Gasteiger charge is -2.22. The maximum Gasteiger partial charge on any atom is 0.271 e. The number of benzene rings is 1. The minimum absolute atomic E-state index is 0.524. The van der Waals surface area contributed by atoms with E-state index in [1.807, 2.05) is 18.2 Å². The molecule has 0 radical (unpaired) electrons. The lowest BCUT2D eigenvalue weighted by molar-refractivity contribution is 0.457. The molecular formula is C10H12O3S.